The van der Waals surface area contributed by atoms with Crippen molar-refractivity contribution in [1.29, 1.82) is 0 Å². The molecule has 2 unspecified atom stereocenters. The van der Waals surface area contributed by atoms with Crippen molar-refractivity contribution in [3.63, 3.8) is 0 Å². The predicted molar refractivity (Wildman–Crippen MR) is 144 cm³/mol. The van der Waals surface area contributed by atoms with Gasteiger partial charge >= 0.3 is 5.97 Å². The van der Waals surface area contributed by atoms with Crippen LogP contribution in [0.1, 0.15) is 68.7 Å². The minimum Gasteiger partial charge on any atom is -0.507 e. The molecule has 0 amide bonds. The fourth-order valence-electron chi connectivity index (χ4n) is 3.58. The van der Waals surface area contributed by atoms with Gasteiger partial charge in [-0.25, -0.2) is 9.78 Å². The summed E-state index contributed by atoms with van der Waals surface area (Å²) in [5.41, 5.74) is 2.21. The van der Waals surface area contributed by atoms with Gasteiger partial charge in [0.05, 0.1) is 13.2 Å². The zero-order chi connectivity index (χ0) is 27.3. The van der Waals surface area contributed by atoms with E-state index in [2.05, 4.69) is 30.7 Å². The molecule has 0 spiro atoms. The SMILES string of the molecule is CC(C)(C)c1cc(C=NC2CO[C@H](CO)[C@@H](O)C2O)c(O)c(C(C)(C)C)c1.O.O.O=C(O)c1ccccn1.[Mn]. The van der Waals surface area contributed by atoms with Crippen molar-refractivity contribution < 1.29 is 63.1 Å². The molecule has 2 heterocycles. The van der Waals surface area contributed by atoms with Crippen LogP contribution in [0.25, 0.3) is 0 Å². The van der Waals surface area contributed by atoms with Crippen molar-refractivity contribution in [2.24, 2.45) is 4.99 Å². The van der Waals surface area contributed by atoms with Gasteiger partial charge in [-0.05, 0) is 34.6 Å². The first kappa shape index (κ1) is 38.7. The summed E-state index contributed by atoms with van der Waals surface area (Å²) in [6.45, 7) is 12.2. The van der Waals surface area contributed by atoms with E-state index in [0.717, 1.165) is 11.1 Å². The number of carbonyl (C=O) groups is 1. The summed E-state index contributed by atoms with van der Waals surface area (Å²) in [4.78, 5) is 18.1. The van der Waals surface area contributed by atoms with Gasteiger partial charge < -0.3 is 41.2 Å². The Morgan fingerprint density at radius 1 is 1.08 bits per heavy atom. The molecule has 1 aliphatic heterocycles. The van der Waals surface area contributed by atoms with Gasteiger partial charge in [0.15, 0.2) is 0 Å². The minimum absolute atomic E-state index is 0. The molecule has 12 heteroatoms. The van der Waals surface area contributed by atoms with E-state index in [4.69, 9.17) is 14.9 Å². The van der Waals surface area contributed by atoms with Crippen LogP contribution in [0, 0.1) is 0 Å². The topological polar surface area (TPSA) is 216 Å². The number of carboxylic acids is 1. The maximum Gasteiger partial charge on any atom is 0.354 e. The third-order valence-corrected chi connectivity index (χ3v) is 5.89. The number of pyridine rings is 1. The summed E-state index contributed by atoms with van der Waals surface area (Å²) in [5.74, 6) is -0.824. The number of phenols is 1. The average molecular weight is 594 g/mol. The van der Waals surface area contributed by atoms with Gasteiger partial charge in [0.1, 0.15) is 35.8 Å². The van der Waals surface area contributed by atoms with Crippen molar-refractivity contribution in [2.45, 2.75) is 76.7 Å². The van der Waals surface area contributed by atoms with E-state index in [1.807, 2.05) is 32.9 Å². The second kappa shape index (κ2) is 16.0. The quantitative estimate of drug-likeness (QED) is 0.254. The predicted octanol–water partition coefficient (Wildman–Crippen LogP) is 1.02. The summed E-state index contributed by atoms with van der Waals surface area (Å²) in [7, 11) is 0. The van der Waals surface area contributed by atoms with Crippen molar-refractivity contribution >= 4 is 12.2 Å². The fraction of sp³-hybridized carbons (Fsp3) is 0.519. The molecule has 1 aromatic heterocycles. The number of phenolic OH excluding ortho intramolecular Hbond substituents is 1. The first-order valence-corrected chi connectivity index (χ1v) is 11.8. The number of aromatic hydroxyl groups is 1. The number of hydrogen-bond acceptors (Lipinski definition) is 8. The summed E-state index contributed by atoms with van der Waals surface area (Å²) in [6.07, 6.45) is -0.170. The fourth-order valence-corrected chi connectivity index (χ4v) is 3.58. The molecule has 0 saturated carbocycles. The van der Waals surface area contributed by atoms with E-state index >= 15 is 0 Å². The van der Waals surface area contributed by atoms with Crippen molar-refractivity contribution in [2.75, 3.05) is 13.2 Å². The van der Waals surface area contributed by atoms with E-state index < -0.39 is 30.3 Å². The zero-order valence-electron chi connectivity index (χ0n) is 23.1. The number of aliphatic imine (C=N–C) groups is 1. The molecule has 1 radical (unpaired) electrons. The summed E-state index contributed by atoms with van der Waals surface area (Å²) in [6, 6.07) is 8.02. The first-order chi connectivity index (χ1) is 16.7. The largest absolute Gasteiger partial charge is 0.507 e. The molecule has 4 atom stereocenters. The Morgan fingerprint density at radius 2 is 1.69 bits per heavy atom. The molecule has 9 N–H and O–H groups in total. The van der Waals surface area contributed by atoms with Gasteiger partial charge in [0.2, 0.25) is 0 Å². The van der Waals surface area contributed by atoms with Crippen molar-refractivity contribution in [1.82, 2.24) is 4.98 Å². The van der Waals surface area contributed by atoms with Crippen LogP contribution in [0.4, 0.5) is 0 Å². The molecular weight excluding hydrogens is 551 g/mol. The number of carboxylic acid groups (broad SMARTS) is 1. The Hall–Kier alpha value is -2.41. The number of benzene rings is 1. The summed E-state index contributed by atoms with van der Waals surface area (Å²) < 4.78 is 5.36. The van der Waals surface area contributed by atoms with E-state index in [1.165, 1.54) is 18.5 Å². The van der Waals surface area contributed by atoms with Crippen LogP contribution in [0.15, 0.2) is 41.5 Å². The number of aliphatic hydroxyl groups excluding tert-OH is 3. The number of hydrogen-bond donors (Lipinski definition) is 5. The number of ether oxygens (including phenoxy) is 1. The molecule has 1 saturated heterocycles. The molecule has 1 aromatic carbocycles. The van der Waals surface area contributed by atoms with E-state index in [0.29, 0.717) is 5.56 Å². The van der Waals surface area contributed by atoms with E-state index in [1.54, 1.807) is 12.1 Å². The molecule has 2 aromatic rings. The molecule has 221 valence electrons. The summed E-state index contributed by atoms with van der Waals surface area (Å²) >= 11 is 0. The van der Waals surface area contributed by atoms with Crippen LogP contribution in [0.2, 0.25) is 0 Å². The number of nitrogens with zero attached hydrogens (tertiary/aromatic N) is 2. The molecule has 1 fully saturated rings. The van der Waals surface area contributed by atoms with Crippen LogP contribution < -0.4 is 0 Å². The van der Waals surface area contributed by atoms with Crippen LogP contribution in [0.3, 0.4) is 0 Å². The average Bonchev–Trinajstić information content (AvgIpc) is 2.80. The van der Waals surface area contributed by atoms with Crippen LogP contribution >= 0.6 is 0 Å². The summed E-state index contributed by atoms with van der Waals surface area (Å²) in [5, 5.41) is 48.5. The zero-order valence-corrected chi connectivity index (χ0v) is 24.3. The Labute approximate surface area is 239 Å². The van der Waals surface area contributed by atoms with Gasteiger partial charge in [-0.1, -0.05) is 53.7 Å². The maximum atomic E-state index is 10.8. The number of aromatic nitrogens is 1. The van der Waals surface area contributed by atoms with Crippen LogP contribution in [-0.4, -0.2) is 91.2 Å². The molecule has 39 heavy (non-hydrogen) atoms. The van der Waals surface area contributed by atoms with Gasteiger partial charge in [0.25, 0.3) is 0 Å². The minimum atomic E-state index is -1.20. The third kappa shape index (κ3) is 10.6. The van der Waals surface area contributed by atoms with Gasteiger partial charge in [-0.15, -0.1) is 0 Å². The molecular formula is C27H42MnN2O9. The Morgan fingerprint density at radius 3 is 2.13 bits per heavy atom. The maximum absolute atomic E-state index is 10.8. The number of aromatic carboxylic acids is 1. The van der Waals surface area contributed by atoms with Crippen molar-refractivity contribution in [3.8, 4) is 5.75 Å². The molecule has 11 nitrogen and oxygen atoms in total. The normalized spacial score (nSPS) is 20.9. The second-order valence-corrected chi connectivity index (χ2v) is 10.9. The monoisotopic (exact) mass is 593 g/mol. The van der Waals surface area contributed by atoms with E-state index in [-0.39, 0.29) is 63.5 Å². The van der Waals surface area contributed by atoms with Gasteiger partial charge in [-0.2, -0.15) is 0 Å². The molecule has 1 aliphatic rings. The van der Waals surface area contributed by atoms with Gasteiger partial charge in [0, 0.05) is 40.6 Å². The molecule has 0 aliphatic carbocycles. The van der Waals surface area contributed by atoms with Gasteiger partial charge in [-0.3, -0.25) is 4.99 Å². The molecule has 3 rings (SSSR count). The first-order valence-electron chi connectivity index (χ1n) is 11.8. The molecule has 0 bridgehead atoms. The van der Waals surface area contributed by atoms with E-state index in [9.17, 15) is 20.1 Å². The van der Waals surface area contributed by atoms with Crippen LogP contribution in [-0.2, 0) is 32.6 Å². The number of aliphatic hydroxyl groups is 3. The Balaban J connectivity index is 0. The van der Waals surface area contributed by atoms with Crippen LogP contribution in [0.5, 0.6) is 5.75 Å². The Kier molecular flexibility index (Phi) is 15.9. The second-order valence-electron chi connectivity index (χ2n) is 10.9. The third-order valence-electron chi connectivity index (χ3n) is 5.89. The Bertz CT molecular complexity index is 1050. The number of rotatable bonds is 4. The van der Waals surface area contributed by atoms with Crippen molar-refractivity contribution in [3.05, 3.63) is 58.9 Å². The smallest absolute Gasteiger partial charge is 0.354 e. The standard InChI is InChI=1S/C21H33NO5.C6H5NO2.Mn.2H2O/c1-20(2,3)13-7-12(17(24)14(8-13)21(4,5)6)9-22-15-11-27-16(10-23)19(26)18(15)25;8-6(9)5-3-1-2-4-7-5;;;/h7-9,15-16,18-19,23-26H,10-11H2,1-6H3;1-4H,(H,8,9);;2*1H2/t15?,16-,18?,19-;;;;/m1..../s1.